The topological polar surface area (TPSA) is 0 Å². The van der Waals surface area contributed by atoms with Gasteiger partial charge in [0.05, 0.1) is 0 Å². The third-order valence-electron chi connectivity index (χ3n) is 2.18. The fourth-order valence-electron chi connectivity index (χ4n) is 1.30. The molecule has 0 unspecified atom stereocenters. The van der Waals surface area contributed by atoms with Crippen LogP contribution >= 0.6 is 0 Å². The summed E-state index contributed by atoms with van der Waals surface area (Å²) in [7, 11) is 0. The molecule has 0 aliphatic rings. The largest absolute Gasteiger partial charge is 0.0683 e. The van der Waals surface area contributed by atoms with Gasteiger partial charge < -0.3 is 0 Å². The van der Waals surface area contributed by atoms with Crippen molar-refractivity contribution in [3.05, 3.63) is 71.3 Å². The van der Waals surface area contributed by atoms with E-state index in [2.05, 4.69) is 30.9 Å². The first-order valence-electron chi connectivity index (χ1n) is 8.98. The Bertz CT molecular complexity index is 481. The van der Waals surface area contributed by atoms with Crippen molar-refractivity contribution in [2.75, 3.05) is 0 Å². The average Bonchev–Trinajstić information content (AvgIpc) is 2.69. The van der Waals surface area contributed by atoms with E-state index in [9.17, 15) is 0 Å². The van der Waals surface area contributed by atoms with Crippen LogP contribution in [0.1, 0.15) is 72.1 Å². The fraction of sp³-hybridized carbons (Fsp3) is 0.391. The summed E-state index contributed by atoms with van der Waals surface area (Å²) in [5.41, 5.74) is 3.38. The summed E-state index contributed by atoms with van der Waals surface area (Å²) in [6, 6.07) is 18.3. The molecule has 0 bridgehead atoms. The van der Waals surface area contributed by atoms with Gasteiger partial charge in [-0.25, -0.2) is 0 Å². The molecule has 0 nitrogen and oxygen atoms in total. The quantitative estimate of drug-likeness (QED) is 0.442. The summed E-state index contributed by atoms with van der Waals surface area (Å²) in [5.74, 6) is 6.27. The van der Waals surface area contributed by atoms with Gasteiger partial charge in [-0.05, 0) is 31.2 Å². The van der Waals surface area contributed by atoms with Gasteiger partial charge in [0.25, 0.3) is 0 Å². The SMILES string of the molecule is CC.CC.CC.CC.Cc1ccc(C#Cc2ccccc2)cc1. The lowest BCUT2D eigenvalue weighted by atomic mass is 10.1. The Morgan fingerprint density at radius 3 is 1.22 bits per heavy atom. The molecule has 0 aliphatic carbocycles. The van der Waals surface area contributed by atoms with Gasteiger partial charge in [-0.3, -0.25) is 0 Å². The first-order chi connectivity index (χ1) is 11.3. The highest BCUT2D eigenvalue weighted by Crippen LogP contribution is 2.02. The second kappa shape index (κ2) is 22.3. The van der Waals surface area contributed by atoms with Crippen LogP contribution in [-0.4, -0.2) is 0 Å². The van der Waals surface area contributed by atoms with Crippen LogP contribution < -0.4 is 0 Å². The van der Waals surface area contributed by atoms with E-state index in [-0.39, 0.29) is 0 Å². The standard InChI is InChI=1S/C15H12.4C2H6/c1-13-7-9-15(10-8-13)12-11-14-5-3-2-4-6-14;4*1-2/h2-10H,1H3;4*1-2H3. The van der Waals surface area contributed by atoms with E-state index in [1.165, 1.54) is 5.56 Å². The number of hydrogen-bond donors (Lipinski definition) is 0. The van der Waals surface area contributed by atoms with E-state index < -0.39 is 0 Å². The van der Waals surface area contributed by atoms with Crippen molar-refractivity contribution in [3.63, 3.8) is 0 Å². The van der Waals surface area contributed by atoms with Crippen molar-refractivity contribution in [3.8, 4) is 11.8 Å². The zero-order valence-corrected chi connectivity index (χ0v) is 16.7. The fourth-order valence-corrected chi connectivity index (χ4v) is 1.30. The predicted molar refractivity (Wildman–Crippen MR) is 109 cm³/mol. The third kappa shape index (κ3) is 14.7. The summed E-state index contributed by atoms with van der Waals surface area (Å²) in [6.45, 7) is 18.1. The lowest BCUT2D eigenvalue weighted by Crippen LogP contribution is -1.76. The third-order valence-corrected chi connectivity index (χ3v) is 2.18. The van der Waals surface area contributed by atoms with Crippen LogP contribution in [0.4, 0.5) is 0 Å². The van der Waals surface area contributed by atoms with E-state index >= 15 is 0 Å². The minimum Gasteiger partial charge on any atom is -0.0683 e. The molecular weight excluding hydrogens is 276 g/mol. The van der Waals surface area contributed by atoms with Crippen LogP contribution in [0.2, 0.25) is 0 Å². The summed E-state index contributed by atoms with van der Waals surface area (Å²) < 4.78 is 0. The second-order valence-electron chi connectivity index (χ2n) is 3.48. The second-order valence-corrected chi connectivity index (χ2v) is 3.48. The van der Waals surface area contributed by atoms with E-state index in [4.69, 9.17) is 0 Å². The van der Waals surface area contributed by atoms with Gasteiger partial charge in [0.1, 0.15) is 0 Å². The molecule has 0 heteroatoms. The lowest BCUT2D eigenvalue weighted by Gasteiger charge is -1.91. The molecule has 2 rings (SSSR count). The van der Waals surface area contributed by atoms with E-state index in [1.807, 2.05) is 97.9 Å². The Morgan fingerprint density at radius 2 is 0.826 bits per heavy atom. The Hall–Kier alpha value is -2.00. The molecule has 2 aromatic carbocycles. The maximum absolute atomic E-state index is 3.14. The number of hydrogen-bond acceptors (Lipinski definition) is 0. The summed E-state index contributed by atoms with van der Waals surface area (Å²) in [5, 5.41) is 0. The minimum absolute atomic E-state index is 1.05. The molecule has 0 fully saturated rings. The van der Waals surface area contributed by atoms with Gasteiger partial charge >= 0.3 is 0 Å². The van der Waals surface area contributed by atoms with Crippen molar-refractivity contribution in [1.29, 1.82) is 0 Å². The van der Waals surface area contributed by atoms with Crippen molar-refractivity contribution in [2.45, 2.75) is 62.3 Å². The highest BCUT2D eigenvalue weighted by Gasteiger charge is 1.86. The van der Waals surface area contributed by atoms with E-state index in [0.29, 0.717) is 0 Å². The van der Waals surface area contributed by atoms with Gasteiger partial charge in [-0.1, -0.05) is 103 Å². The van der Waals surface area contributed by atoms with E-state index in [1.54, 1.807) is 0 Å². The van der Waals surface area contributed by atoms with E-state index in [0.717, 1.165) is 11.1 Å². The van der Waals surface area contributed by atoms with Crippen LogP contribution in [0.15, 0.2) is 54.6 Å². The molecule has 0 heterocycles. The lowest BCUT2D eigenvalue weighted by molar-refractivity contribution is 1.46. The highest BCUT2D eigenvalue weighted by atomic mass is 13.9. The first kappa shape index (κ1) is 25.9. The van der Waals surface area contributed by atoms with Crippen LogP contribution in [0.5, 0.6) is 0 Å². The number of aryl methyl sites for hydroxylation is 1. The predicted octanol–water partition coefficient (Wildman–Crippen LogP) is 7.50. The van der Waals surface area contributed by atoms with Crippen LogP contribution in [0.3, 0.4) is 0 Å². The normalized spacial score (nSPS) is 7.00. The molecule has 0 saturated carbocycles. The van der Waals surface area contributed by atoms with Gasteiger partial charge in [0.2, 0.25) is 0 Å². The molecule has 0 radical (unpaired) electrons. The zero-order chi connectivity index (χ0) is 18.5. The van der Waals surface area contributed by atoms with Gasteiger partial charge in [0, 0.05) is 11.1 Å². The van der Waals surface area contributed by atoms with Crippen molar-refractivity contribution < 1.29 is 0 Å². The Kier molecular flexibility index (Phi) is 25.1. The van der Waals surface area contributed by atoms with Crippen molar-refractivity contribution >= 4 is 0 Å². The highest BCUT2D eigenvalue weighted by molar-refractivity contribution is 5.43. The molecule has 0 N–H and O–H groups in total. The van der Waals surface area contributed by atoms with Crippen LogP contribution in [0, 0.1) is 18.8 Å². The molecule has 23 heavy (non-hydrogen) atoms. The van der Waals surface area contributed by atoms with Crippen LogP contribution in [0.25, 0.3) is 0 Å². The molecule has 2 aromatic rings. The number of rotatable bonds is 0. The van der Waals surface area contributed by atoms with Gasteiger partial charge in [-0.2, -0.15) is 0 Å². The molecule has 0 atom stereocenters. The number of benzene rings is 2. The maximum Gasteiger partial charge on any atom is 0.0249 e. The minimum atomic E-state index is 1.05. The zero-order valence-electron chi connectivity index (χ0n) is 16.7. The van der Waals surface area contributed by atoms with Crippen molar-refractivity contribution in [1.82, 2.24) is 0 Å². The molecule has 0 saturated heterocycles. The maximum atomic E-state index is 3.14. The Balaban J connectivity index is -0.000000438. The van der Waals surface area contributed by atoms with Crippen molar-refractivity contribution in [2.24, 2.45) is 0 Å². The van der Waals surface area contributed by atoms with Crippen LogP contribution in [-0.2, 0) is 0 Å². The summed E-state index contributed by atoms with van der Waals surface area (Å²) in [6.07, 6.45) is 0. The smallest absolute Gasteiger partial charge is 0.0249 e. The molecule has 0 amide bonds. The van der Waals surface area contributed by atoms with Gasteiger partial charge in [-0.15, -0.1) is 0 Å². The molecular formula is C23H36. The Morgan fingerprint density at radius 1 is 0.478 bits per heavy atom. The summed E-state index contributed by atoms with van der Waals surface area (Å²) in [4.78, 5) is 0. The molecule has 128 valence electrons. The Labute approximate surface area is 146 Å². The van der Waals surface area contributed by atoms with Gasteiger partial charge in [0.15, 0.2) is 0 Å². The molecule has 0 spiro atoms. The molecule has 0 aromatic heterocycles. The monoisotopic (exact) mass is 312 g/mol. The first-order valence-corrected chi connectivity index (χ1v) is 8.98. The average molecular weight is 313 g/mol. The molecule has 0 aliphatic heterocycles. The summed E-state index contributed by atoms with van der Waals surface area (Å²) >= 11 is 0.